The quantitative estimate of drug-likeness (QED) is 0.877. The molecule has 2 atom stereocenters. The van der Waals surface area contributed by atoms with Gasteiger partial charge in [0, 0.05) is 18.6 Å². The topological polar surface area (TPSA) is 29.5 Å². The van der Waals surface area contributed by atoms with Crippen molar-refractivity contribution in [1.29, 1.82) is 0 Å². The average molecular weight is 238 g/mol. The Hall–Kier alpha value is -0.930. The van der Waals surface area contributed by atoms with Crippen LogP contribution in [-0.2, 0) is 4.74 Å². The molecule has 0 bridgehead atoms. The highest BCUT2D eigenvalue weighted by molar-refractivity contribution is 5.33. The number of rotatable bonds is 3. The summed E-state index contributed by atoms with van der Waals surface area (Å²) in [6.45, 7) is 4.45. The first-order valence-corrected chi connectivity index (χ1v) is 6.14. The van der Waals surface area contributed by atoms with Crippen molar-refractivity contribution in [1.82, 2.24) is 0 Å². The van der Waals surface area contributed by atoms with Gasteiger partial charge in [0.2, 0.25) is 0 Å². The minimum absolute atomic E-state index is 0.0742. The van der Waals surface area contributed by atoms with E-state index in [9.17, 15) is 9.50 Å². The van der Waals surface area contributed by atoms with E-state index in [4.69, 9.17) is 4.74 Å². The first-order chi connectivity index (χ1) is 8.08. The maximum atomic E-state index is 13.8. The van der Waals surface area contributed by atoms with Crippen molar-refractivity contribution in [2.24, 2.45) is 0 Å². The van der Waals surface area contributed by atoms with Gasteiger partial charge >= 0.3 is 0 Å². The summed E-state index contributed by atoms with van der Waals surface area (Å²) in [7, 11) is 0. The average Bonchev–Trinajstić information content (AvgIpc) is 2.68. The van der Waals surface area contributed by atoms with Gasteiger partial charge in [-0.3, -0.25) is 0 Å². The van der Waals surface area contributed by atoms with Crippen LogP contribution < -0.4 is 0 Å². The maximum Gasteiger partial charge on any atom is 0.129 e. The van der Waals surface area contributed by atoms with Gasteiger partial charge in [0.25, 0.3) is 0 Å². The number of ether oxygens (including phenoxy) is 1. The van der Waals surface area contributed by atoms with Crippen molar-refractivity contribution in [3.63, 3.8) is 0 Å². The zero-order valence-corrected chi connectivity index (χ0v) is 10.4. The number of aryl methyl sites for hydroxylation is 2. The van der Waals surface area contributed by atoms with Crippen LogP contribution in [0.5, 0.6) is 0 Å². The molecule has 1 aliphatic rings. The number of hydrogen-bond acceptors (Lipinski definition) is 2. The number of aliphatic hydroxyl groups excluding tert-OH is 1. The van der Waals surface area contributed by atoms with Gasteiger partial charge in [-0.15, -0.1) is 0 Å². The molecular weight excluding hydrogens is 219 g/mol. The van der Waals surface area contributed by atoms with Crippen LogP contribution in [0.4, 0.5) is 4.39 Å². The van der Waals surface area contributed by atoms with Gasteiger partial charge in [0.05, 0.1) is 12.2 Å². The van der Waals surface area contributed by atoms with E-state index in [2.05, 4.69) is 0 Å². The van der Waals surface area contributed by atoms with Crippen LogP contribution >= 0.6 is 0 Å². The Morgan fingerprint density at radius 3 is 2.82 bits per heavy atom. The standard InChI is InChI=1S/C14H19FO2/c1-9-6-10(2)14(12(15)7-9)13(16)8-11-4-3-5-17-11/h6-7,11,13,16H,3-5,8H2,1-2H3. The van der Waals surface area contributed by atoms with Gasteiger partial charge in [-0.2, -0.15) is 0 Å². The van der Waals surface area contributed by atoms with E-state index in [1.165, 1.54) is 6.07 Å². The fourth-order valence-corrected chi connectivity index (χ4v) is 2.55. The van der Waals surface area contributed by atoms with E-state index < -0.39 is 6.10 Å². The zero-order chi connectivity index (χ0) is 12.4. The maximum absolute atomic E-state index is 13.8. The van der Waals surface area contributed by atoms with Crippen molar-refractivity contribution in [3.05, 3.63) is 34.6 Å². The Balaban J connectivity index is 2.15. The molecule has 0 saturated carbocycles. The van der Waals surface area contributed by atoms with Crippen molar-refractivity contribution < 1.29 is 14.2 Å². The third kappa shape index (κ3) is 2.85. The second-order valence-electron chi connectivity index (χ2n) is 4.86. The number of aliphatic hydroxyl groups is 1. The van der Waals surface area contributed by atoms with Crippen LogP contribution in [0.3, 0.4) is 0 Å². The first kappa shape index (κ1) is 12.5. The summed E-state index contributed by atoms with van der Waals surface area (Å²) in [4.78, 5) is 0. The lowest BCUT2D eigenvalue weighted by atomic mass is 9.96. The van der Waals surface area contributed by atoms with Gasteiger partial charge in [0.15, 0.2) is 0 Å². The smallest absolute Gasteiger partial charge is 0.129 e. The van der Waals surface area contributed by atoms with E-state index >= 15 is 0 Å². The number of halogens is 1. The van der Waals surface area contributed by atoms with Crippen molar-refractivity contribution in [3.8, 4) is 0 Å². The number of hydrogen-bond donors (Lipinski definition) is 1. The van der Waals surface area contributed by atoms with E-state index in [-0.39, 0.29) is 11.9 Å². The summed E-state index contributed by atoms with van der Waals surface area (Å²) in [5.74, 6) is -0.312. The summed E-state index contributed by atoms with van der Waals surface area (Å²) >= 11 is 0. The SMILES string of the molecule is Cc1cc(C)c(C(O)CC2CCCO2)c(F)c1. The van der Waals surface area contributed by atoms with E-state index in [0.717, 1.165) is 30.6 Å². The number of benzene rings is 1. The summed E-state index contributed by atoms with van der Waals surface area (Å²) in [5, 5.41) is 10.1. The molecule has 0 spiro atoms. The third-order valence-electron chi connectivity index (χ3n) is 3.32. The molecule has 1 aliphatic heterocycles. The minimum atomic E-state index is -0.765. The Kier molecular flexibility index (Phi) is 3.79. The normalized spacial score (nSPS) is 21.8. The van der Waals surface area contributed by atoms with Gasteiger partial charge in [-0.1, -0.05) is 6.07 Å². The molecule has 0 radical (unpaired) electrons. The molecule has 1 N–H and O–H groups in total. The zero-order valence-electron chi connectivity index (χ0n) is 10.4. The summed E-state index contributed by atoms with van der Waals surface area (Å²) < 4.78 is 19.3. The van der Waals surface area contributed by atoms with Gasteiger partial charge < -0.3 is 9.84 Å². The third-order valence-corrected chi connectivity index (χ3v) is 3.32. The lowest BCUT2D eigenvalue weighted by Gasteiger charge is -2.18. The Morgan fingerprint density at radius 2 is 2.24 bits per heavy atom. The second kappa shape index (κ2) is 5.15. The van der Waals surface area contributed by atoms with E-state index in [0.29, 0.717) is 12.0 Å². The molecule has 1 fully saturated rings. The monoisotopic (exact) mass is 238 g/mol. The molecule has 0 amide bonds. The molecule has 0 aliphatic carbocycles. The molecule has 1 aromatic carbocycles. The molecule has 0 aromatic heterocycles. The van der Waals surface area contributed by atoms with Gasteiger partial charge in [0.1, 0.15) is 5.82 Å². The Bertz CT molecular complexity index is 374. The fraction of sp³-hybridized carbons (Fsp3) is 0.571. The van der Waals surface area contributed by atoms with E-state index in [1.54, 1.807) is 0 Å². The predicted molar refractivity (Wildman–Crippen MR) is 64.4 cm³/mol. The molecular formula is C14H19FO2. The summed E-state index contributed by atoms with van der Waals surface area (Å²) in [6, 6.07) is 3.37. The molecule has 2 nitrogen and oxygen atoms in total. The highest BCUT2D eigenvalue weighted by atomic mass is 19.1. The minimum Gasteiger partial charge on any atom is -0.388 e. The molecule has 1 heterocycles. The van der Waals surface area contributed by atoms with Gasteiger partial charge in [-0.05, 0) is 43.9 Å². The van der Waals surface area contributed by atoms with Crippen molar-refractivity contribution in [2.75, 3.05) is 6.61 Å². The van der Waals surface area contributed by atoms with Crippen LogP contribution in [0, 0.1) is 19.7 Å². The van der Waals surface area contributed by atoms with Crippen molar-refractivity contribution >= 4 is 0 Å². The summed E-state index contributed by atoms with van der Waals surface area (Å²) in [5.41, 5.74) is 2.12. The molecule has 94 valence electrons. The molecule has 1 aromatic rings. The van der Waals surface area contributed by atoms with Crippen LogP contribution in [0.2, 0.25) is 0 Å². The molecule has 3 heteroatoms. The van der Waals surface area contributed by atoms with Crippen LogP contribution in [0.1, 0.15) is 42.1 Å². The van der Waals surface area contributed by atoms with Crippen molar-refractivity contribution in [2.45, 2.75) is 45.3 Å². The van der Waals surface area contributed by atoms with E-state index in [1.807, 2.05) is 19.9 Å². The van der Waals surface area contributed by atoms with Crippen LogP contribution in [-0.4, -0.2) is 17.8 Å². The molecule has 1 saturated heterocycles. The highest BCUT2D eigenvalue weighted by Gasteiger charge is 2.23. The fourth-order valence-electron chi connectivity index (χ4n) is 2.55. The highest BCUT2D eigenvalue weighted by Crippen LogP contribution is 2.29. The Morgan fingerprint density at radius 1 is 1.47 bits per heavy atom. The second-order valence-corrected chi connectivity index (χ2v) is 4.86. The van der Waals surface area contributed by atoms with Crippen LogP contribution in [0.25, 0.3) is 0 Å². The predicted octanol–water partition coefficient (Wildman–Crippen LogP) is 3.05. The lowest BCUT2D eigenvalue weighted by molar-refractivity contribution is 0.0519. The molecule has 2 rings (SSSR count). The summed E-state index contributed by atoms with van der Waals surface area (Å²) in [6.07, 6.45) is 1.79. The van der Waals surface area contributed by atoms with Crippen LogP contribution in [0.15, 0.2) is 12.1 Å². The molecule has 2 unspecified atom stereocenters. The molecule has 17 heavy (non-hydrogen) atoms. The van der Waals surface area contributed by atoms with Gasteiger partial charge in [-0.25, -0.2) is 4.39 Å². The lowest BCUT2D eigenvalue weighted by Crippen LogP contribution is -2.13. The largest absolute Gasteiger partial charge is 0.388 e. The Labute approximate surface area is 101 Å². The first-order valence-electron chi connectivity index (χ1n) is 6.14.